The van der Waals surface area contributed by atoms with E-state index < -0.39 is 0 Å². The van der Waals surface area contributed by atoms with Gasteiger partial charge in [0, 0.05) is 0 Å². The molecule has 0 amide bonds. The highest BCUT2D eigenvalue weighted by Gasteiger charge is 2.65. The zero-order valence-corrected chi connectivity index (χ0v) is 11.4. The molecule has 1 heteroatoms. The van der Waals surface area contributed by atoms with Crippen molar-refractivity contribution >= 4 is 0 Å². The van der Waals surface area contributed by atoms with Crippen LogP contribution in [0.1, 0.15) is 46.5 Å². The van der Waals surface area contributed by atoms with Crippen LogP contribution in [0.4, 0.5) is 0 Å². The molecule has 0 aromatic heterocycles. The molecule has 4 saturated carbocycles. The fourth-order valence-electron chi connectivity index (χ4n) is 6.56. The maximum Gasteiger partial charge on any atom is 0.0574 e. The van der Waals surface area contributed by atoms with Crippen molar-refractivity contribution in [2.75, 3.05) is 0 Å². The summed E-state index contributed by atoms with van der Waals surface area (Å²) >= 11 is 0. The molecule has 96 valence electrons. The lowest BCUT2D eigenvalue weighted by Gasteiger charge is -2.44. The quantitative estimate of drug-likeness (QED) is 0.637. The summed E-state index contributed by atoms with van der Waals surface area (Å²) in [4.78, 5) is 0. The first kappa shape index (κ1) is 10.8. The van der Waals surface area contributed by atoms with Gasteiger partial charge in [-0.15, -0.1) is 0 Å². The molecule has 4 aliphatic rings. The van der Waals surface area contributed by atoms with Crippen molar-refractivity contribution in [3.8, 4) is 0 Å². The molecule has 0 aliphatic heterocycles. The highest BCUT2D eigenvalue weighted by atomic mass is 16.3. The van der Waals surface area contributed by atoms with E-state index >= 15 is 0 Å². The monoisotopic (exact) mass is 234 g/mol. The molecule has 17 heavy (non-hydrogen) atoms. The molecular weight excluding hydrogens is 208 g/mol. The maximum absolute atomic E-state index is 10.2. The molecule has 0 aromatic rings. The third-order valence-electron chi connectivity index (χ3n) is 6.90. The minimum absolute atomic E-state index is 0.0567. The van der Waals surface area contributed by atoms with Gasteiger partial charge in [-0.25, -0.2) is 0 Å². The fraction of sp³-hybridized carbons (Fsp3) is 1.00. The van der Waals surface area contributed by atoms with Gasteiger partial charge in [-0.2, -0.15) is 0 Å². The number of aliphatic hydroxyl groups excluding tert-OH is 1. The van der Waals surface area contributed by atoms with E-state index in [-0.39, 0.29) is 6.10 Å². The molecule has 4 bridgehead atoms. The van der Waals surface area contributed by atoms with Gasteiger partial charge in [-0.3, -0.25) is 0 Å². The van der Waals surface area contributed by atoms with Crippen LogP contribution in [-0.4, -0.2) is 11.2 Å². The molecule has 1 nitrogen and oxygen atoms in total. The maximum atomic E-state index is 10.2. The zero-order chi connectivity index (χ0) is 11.9. The van der Waals surface area contributed by atoms with Gasteiger partial charge >= 0.3 is 0 Å². The molecular formula is C16H26O. The molecule has 0 aromatic carbocycles. The Hall–Kier alpha value is -0.0400. The van der Waals surface area contributed by atoms with Crippen LogP contribution >= 0.6 is 0 Å². The zero-order valence-electron chi connectivity index (χ0n) is 11.4. The Labute approximate surface area is 105 Å². The predicted molar refractivity (Wildman–Crippen MR) is 68.4 cm³/mol. The summed E-state index contributed by atoms with van der Waals surface area (Å²) in [6.07, 6.45) is 5.54. The van der Waals surface area contributed by atoms with Gasteiger partial charge < -0.3 is 5.11 Å². The SMILES string of the molecule is CC(C)(C)C1CC2CC1C1C3CC(CC3O)C21. The molecule has 4 fully saturated rings. The predicted octanol–water partition coefficient (Wildman–Crippen LogP) is 3.32. The van der Waals surface area contributed by atoms with E-state index in [0.717, 1.165) is 41.9 Å². The van der Waals surface area contributed by atoms with E-state index in [4.69, 9.17) is 0 Å². The summed E-state index contributed by atoms with van der Waals surface area (Å²) in [7, 11) is 0. The fourth-order valence-corrected chi connectivity index (χ4v) is 6.56. The van der Waals surface area contributed by atoms with E-state index in [1.165, 1.54) is 19.3 Å². The third kappa shape index (κ3) is 1.25. The largest absolute Gasteiger partial charge is 0.393 e. The Morgan fingerprint density at radius 3 is 2.18 bits per heavy atom. The average molecular weight is 234 g/mol. The van der Waals surface area contributed by atoms with Gasteiger partial charge in [0.2, 0.25) is 0 Å². The van der Waals surface area contributed by atoms with E-state index in [0.29, 0.717) is 11.3 Å². The first-order valence-corrected chi connectivity index (χ1v) is 7.65. The molecule has 1 N–H and O–H groups in total. The molecule has 8 unspecified atom stereocenters. The van der Waals surface area contributed by atoms with Gasteiger partial charge in [0.15, 0.2) is 0 Å². The minimum atomic E-state index is 0.0567. The molecule has 4 rings (SSSR count). The van der Waals surface area contributed by atoms with Crippen LogP contribution in [0.5, 0.6) is 0 Å². The van der Waals surface area contributed by atoms with E-state index in [2.05, 4.69) is 20.8 Å². The summed E-state index contributed by atoms with van der Waals surface area (Å²) in [6.45, 7) is 7.28. The van der Waals surface area contributed by atoms with Gasteiger partial charge in [0.05, 0.1) is 6.10 Å². The van der Waals surface area contributed by atoms with E-state index in [1.54, 1.807) is 0 Å². The van der Waals surface area contributed by atoms with Crippen LogP contribution in [0.3, 0.4) is 0 Å². The first-order valence-electron chi connectivity index (χ1n) is 7.65. The summed E-state index contributed by atoms with van der Waals surface area (Å²) in [5, 5.41) is 10.2. The van der Waals surface area contributed by atoms with Crippen molar-refractivity contribution < 1.29 is 5.11 Å². The summed E-state index contributed by atoms with van der Waals surface area (Å²) in [5.41, 5.74) is 0.483. The number of fused-ring (bicyclic) bond motifs is 9. The van der Waals surface area contributed by atoms with Crippen LogP contribution < -0.4 is 0 Å². The Kier molecular flexibility index (Phi) is 1.98. The summed E-state index contributed by atoms with van der Waals surface area (Å²) < 4.78 is 0. The molecule has 4 aliphatic carbocycles. The Morgan fingerprint density at radius 2 is 1.47 bits per heavy atom. The number of hydrogen-bond acceptors (Lipinski definition) is 1. The van der Waals surface area contributed by atoms with Crippen LogP contribution in [0.15, 0.2) is 0 Å². The van der Waals surface area contributed by atoms with Gasteiger partial charge in [0.1, 0.15) is 0 Å². The number of aliphatic hydroxyl groups is 1. The summed E-state index contributed by atoms with van der Waals surface area (Å²) in [6, 6.07) is 0. The van der Waals surface area contributed by atoms with Crippen LogP contribution in [-0.2, 0) is 0 Å². The van der Waals surface area contributed by atoms with Crippen molar-refractivity contribution in [2.24, 2.45) is 46.8 Å². The molecule has 0 heterocycles. The average Bonchev–Trinajstić information content (AvgIpc) is 2.89. The molecule has 0 saturated heterocycles. The van der Waals surface area contributed by atoms with Gasteiger partial charge in [0.25, 0.3) is 0 Å². The second-order valence-electron chi connectivity index (χ2n) is 8.49. The Bertz CT molecular complexity index is 342. The third-order valence-corrected chi connectivity index (χ3v) is 6.90. The number of rotatable bonds is 0. The standard InChI is InChI=1S/C16H26O/c1-16(2,3)12-6-8-4-10(12)15-11-5-9(14(8)15)7-13(11)17/h8-15,17H,4-7H2,1-3H3. The second-order valence-corrected chi connectivity index (χ2v) is 8.49. The topological polar surface area (TPSA) is 20.2 Å². The number of hydrogen-bond donors (Lipinski definition) is 1. The van der Waals surface area contributed by atoms with Gasteiger partial charge in [-0.1, -0.05) is 20.8 Å². The van der Waals surface area contributed by atoms with Crippen LogP contribution in [0.25, 0.3) is 0 Å². The molecule has 0 radical (unpaired) electrons. The first-order chi connectivity index (χ1) is 7.97. The summed E-state index contributed by atoms with van der Waals surface area (Å²) in [5.74, 6) is 6.42. The smallest absolute Gasteiger partial charge is 0.0574 e. The normalized spacial score (nSPS) is 60.0. The van der Waals surface area contributed by atoms with Crippen molar-refractivity contribution in [1.29, 1.82) is 0 Å². The lowest BCUT2D eigenvalue weighted by atomic mass is 9.61. The highest BCUT2D eigenvalue weighted by molar-refractivity contribution is 5.14. The van der Waals surface area contributed by atoms with E-state index in [9.17, 15) is 5.11 Å². The minimum Gasteiger partial charge on any atom is -0.393 e. The highest BCUT2D eigenvalue weighted by Crippen LogP contribution is 2.70. The van der Waals surface area contributed by atoms with E-state index in [1.807, 2.05) is 0 Å². The van der Waals surface area contributed by atoms with Crippen molar-refractivity contribution in [3.05, 3.63) is 0 Å². The van der Waals surface area contributed by atoms with Crippen molar-refractivity contribution in [2.45, 2.75) is 52.6 Å². The Morgan fingerprint density at radius 1 is 0.824 bits per heavy atom. The van der Waals surface area contributed by atoms with Crippen LogP contribution in [0, 0.1) is 46.8 Å². The Balaban J connectivity index is 1.66. The van der Waals surface area contributed by atoms with Gasteiger partial charge in [-0.05, 0) is 72.5 Å². The van der Waals surface area contributed by atoms with Crippen molar-refractivity contribution in [1.82, 2.24) is 0 Å². The molecule has 8 atom stereocenters. The lowest BCUT2D eigenvalue weighted by Crippen LogP contribution is -2.41. The van der Waals surface area contributed by atoms with Crippen LogP contribution in [0.2, 0.25) is 0 Å². The lowest BCUT2D eigenvalue weighted by molar-refractivity contribution is -0.00784. The second kappa shape index (κ2) is 3.10. The molecule has 0 spiro atoms. The van der Waals surface area contributed by atoms with Crippen molar-refractivity contribution in [3.63, 3.8) is 0 Å².